The van der Waals surface area contributed by atoms with Crippen molar-refractivity contribution >= 4 is 11.6 Å². The Kier molecular flexibility index (Phi) is 4.54. The summed E-state index contributed by atoms with van der Waals surface area (Å²) in [5.74, 6) is -0.419. The molecular formula is C13H14ClFN2O. The number of morpholine rings is 1. The Morgan fingerprint density at radius 2 is 2.39 bits per heavy atom. The molecule has 0 radical (unpaired) electrons. The van der Waals surface area contributed by atoms with Gasteiger partial charge in [0.1, 0.15) is 5.82 Å². The lowest BCUT2D eigenvalue weighted by molar-refractivity contribution is -0.0292. The van der Waals surface area contributed by atoms with Crippen molar-refractivity contribution in [1.82, 2.24) is 4.90 Å². The SMILES string of the molecule is N#CCCN1CCO[C@@H](c2ccc(F)c(Cl)c2)C1. The first-order valence-corrected chi connectivity index (χ1v) is 6.24. The van der Waals surface area contributed by atoms with Crippen LogP contribution >= 0.6 is 11.6 Å². The maximum atomic E-state index is 13.1. The van der Waals surface area contributed by atoms with E-state index in [4.69, 9.17) is 21.6 Å². The van der Waals surface area contributed by atoms with E-state index in [2.05, 4.69) is 11.0 Å². The Morgan fingerprint density at radius 3 is 3.11 bits per heavy atom. The van der Waals surface area contributed by atoms with Gasteiger partial charge in [0, 0.05) is 26.1 Å². The van der Waals surface area contributed by atoms with Gasteiger partial charge in [-0.2, -0.15) is 5.26 Å². The summed E-state index contributed by atoms with van der Waals surface area (Å²) >= 11 is 5.77. The first-order valence-electron chi connectivity index (χ1n) is 5.86. The summed E-state index contributed by atoms with van der Waals surface area (Å²) in [6, 6.07) is 6.79. The minimum atomic E-state index is -0.419. The Hall–Kier alpha value is -1.15. The highest BCUT2D eigenvalue weighted by molar-refractivity contribution is 6.30. The van der Waals surface area contributed by atoms with Crippen LogP contribution in [0.3, 0.4) is 0 Å². The Bertz CT molecular complexity index is 461. The highest BCUT2D eigenvalue weighted by atomic mass is 35.5. The zero-order valence-corrected chi connectivity index (χ0v) is 10.7. The molecule has 1 atom stereocenters. The van der Waals surface area contributed by atoms with Crippen molar-refractivity contribution in [1.29, 1.82) is 5.26 Å². The Morgan fingerprint density at radius 1 is 1.56 bits per heavy atom. The summed E-state index contributed by atoms with van der Waals surface area (Å²) in [5.41, 5.74) is 0.878. The zero-order chi connectivity index (χ0) is 13.0. The molecule has 1 fully saturated rings. The third kappa shape index (κ3) is 3.20. The van der Waals surface area contributed by atoms with E-state index >= 15 is 0 Å². The molecule has 0 bridgehead atoms. The van der Waals surface area contributed by atoms with Crippen LogP contribution in [0.5, 0.6) is 0 Å². The van der Waals surface area contributed by atoms with Gasteiger partial charge in [-0.3, -0.25) is 4.90 Å². The summed E-state index contributed by atoms with van der Waals surface area (Å²) in [7, 11) is 0. The van der Waals surface area contributed by atoms with Crippen LogP contribution in [0, 0.1) is 17.1 Å². The molecule has 1 heterocycles. The lowest BCUT2D eigenvalue weighted by atomic mass is 10.1. The average Bonchev–Trinajstić information content (AvgIpc) is 2.40. The third-order valence-electron chi connectivity index (χ3n) is 3.01. The van der Waals surface area contributed by atoms with Gasteiger partial charge in [0.25, 0.3) is 0 Å². The number of hydrogen-bond acceptors (Lipinski definition) is 3. The quantitative estimate of drug-likeness (QED) is 0.846. The van der Waals surface area contributed by atoms with Gasteiger partial charge in [0.15, 0.2) is 0 Å². The highest BCUT2D eigenvalue weighted by Crippen LogP contribution is 2.26. The van der Waals surface area contributed by atoms with E-state index in [0.717, 1.165) is 18.7 Å². The average molecular weight is 269 g/mol. The van der Waals surface area contributed by atoms with Crippen LogP contribution < -0.4 is 0 Å². The van der Waals surface area contributed by atoms with Crippen molar-refractivity contribution in [2.24, 2.45) is 0 Å². The van der Waals surface area contributed by atoms with Crippen molar-refractivity contribution in [2.45, 2.75) is 12.5 Å². The number of rotatable bonds is 3. The fraction of sp³-hybridized carbons (Fsp3) is 0.462. The first kappa shape index (κ1) is 13.3. The Balaban J connectivity index is 2.04. The predicted molar refractivity (Wildman–Crippen MR) is 66.8 cm³/mol. The molecule has 5 heteroatoms. The third-order valence-corrected chi connectivity index (χ3v) is 3.30. The fourth-order valence-corrected chi connectivity index (χ4v) is 2.22. The lowest BCUT2D eigenvalue weighted by Crippen LogP contribution is -2.38. The monoisotopic (exact) mass is 268 g/mol. The molecule has 2 rings (SSSR count). The number of halogens is 2. The second-order valence-electron chi connectivity index (χ2n) is 4.24. The molecule has 18 heavy (non-hydrogen) atoms. The molecule has 1 aliphatic rings. The topological polar surface area (TPSA) is 36.3 Å². The van der Waals surface area contributed by atoms with Crippen LogP contribution in [0.2, 0.25) is 5.02 Å². The standard InChI is InChI=1S/C13H14ClFN2O/c14-11-8-10(2-3-12(11)15)13-9-17(5-1-4-16)6-7-18-13/h2-3,8,13H,1,5-7,9H2/t13-/m1/s1. The predicted octanol–water partition coefficient (Wildman–Crippen LogP) is 2.77. The van der Waals surface area contributed by atoms with Gasteiger partial charge in [-0.25, -0.2) is 4.39 Å². The van der Waals surface area contributed by atoms with E-state index in [1.807, 2.05) is 0 Å². The summed E-state index contributed by atoms with van der Waals surface area (Å²) < 4.78 is 18.8. The van der Waals surface area contributed by atoms with E-state index in [9.17, 15) is 4.39 Å². The van der Waals surface area contributed by atoms with Crippen molar-refractivity contribution in [3.05, 3.63) is 34.6 Å². The smallest absolute Gasteiger partial charge is 0.141 e. The molecule has 96 valence electrons. The van der Waals surface area contributed by atoms with E-state index in [1.165, 1.54) is 6.07 Å². The second-order valence-corrected chi connectivity index (χ2v) is 4.65. The number of ether oxygens (including phenoxy) is 1. The summed E-state index contributed by atoms with van der Waals surface area (Å²) in [6.07, 6.45) is 0.409. The largest absolute Gasteiger partial charge is 0.371 e. The van der Waals surface area contributed by atoms with E-state index in [-0.39, 0.29) is 11.1 Å². The molecule has 3 nitrogen and oxygen atoms in total. The number of hydrogen-bond donors (Lipinski definition) is 0. The molecule has 1 aromatic rings. The molecule has 0 saturated carbocycles. The molecule has 1 aromatic carbocycles. The van der Waals surface area contributed by atoms with Gasteiger partial charge in [-0.05, 0) is 17.7 Å². The van der Waals surface area contributed by atoms with E-state index in [1.54, 1.807) is 12.1 Å². The second kappa shape index (κ2) is 6.14. The van der Waals surface area contributed by atoms with Gasteiger partial charge >= 0.3 is 0 Å². The lowest BCUT2D eigenvalue weighted by Gasteiger charge is -2.32. The zero-order valence-electron chi connectivity index (χ0n) is 9.90. The van der Waals surface area contributed by atoms with E-state index < -0.39 is 5.82 Å². The number of nitriles is 1. The molecule has 0 amide bonds. The summed E-state index contributed by atoms with van der Waals surface area (Å²) in [4.78, 5) is 2.18. The molecule has 1 aliphatic heterocycles. The van der Waals surface area contributed by atoms with Gasteiger partial charge in [-0.15, -0.1) is 0 Å². The molecule has 0 N–H and O–H groups in total. The van der Waals surface area contributed by atoms with Gasteiger partial charge < -0.3 is 4.74 Å². The minimum absolute atomic E-state index is 0.101. The van der Waals surface area contributed by atoms with Gasteiger partial charge in [-0.1, -0.05) is 17.7 Å². The molecule has 0 unspecified atom stereocenters. The molecule has 0 aliphatic carbocycles. The van der Waals surface area contributed by atoms with Crippen LogP contribution in [-0.2, 0) is 4.74 Å². The van der Waals surface area contributed by atoms with Gasteiger partial charge in [0.2, 0.25) is 0 Å². The van der Waals surface area contributed by atoms with Gasteiger partial charge in [0.05, 0.1) is 23.8 Å². The molecular weight excluding hydrogens is 255 g/mol. The number of nitrogens with zero attached hydrogens (tertiary/aromatic N) is 2. The summed E-state index contributed by atoms with van der Waals surface area (Å²) in [6.45, 7) is 2.90. The normalized spacial score (nSPS) is 20.6. The molecule has 0 spiro atoms. The van der Waals surface area contributed by atoms with Crippen LogP contribution in [0.25, 0.3) is 0 Å². The summed E-state index contributed by atoms with van der Waals surface area (Å²) in [5, 5.41) is 8.70. The van der Waals surface area contributed by atoms with Crippen LogP contribution in [-0.4, -0.2) is 31.1 Å². The maximum Gasteiger partial charge on any atom is 0.141 e. The molecule has 0 aromatic heterocycles. The highest BCUT2D eigenvalue weighted by Gasteiger charge is 2.22. The van der Waals surface area contributed by atoms with Crippen molar-refractivity contribution in [3.63, 3.8) is 0 Å². The first-order chi connectivity index (χ1) is 8.70. The fourth-order valence-electron chi connectivity index (χ4n) is 2.03. The van der Waals surface area contributed by atoms with Crippen molar-refractivity contribution in [3.8, 4) is 6.07 Å². The van der Waals surface area contributed by atoms with Crippen molar-refractivity contribution in [2.75, 3.05) is 26.2 Å². The van der Waals surface area contributed by atoms with Crippen LogP contribution in [0.1, 0.15) is 18.1 Å². The van der Waals surface area contributed by atoms with Crippen LogP contribution in [0.4, 0.5) is 4.39 Å². The number of benzene rings is 1. The minimum Gasteiger partial charge on any atom is -0.371 e. The van der Waals surface area contributed by atoms with Crippen molar-refractivity contribution < 1.29 is 9.13 Å². The van der Waals surface area contributed by atoms with Crippen LogP contribution in [0.15, 0.2) is 18.2 Å². The van der Waals surface area contributed by atoms with E-state index in [0.29, 0.717) is 19.6 Å². The maximum absolute atomic E-state index is 13.1. The Labute approximate surface area is 111 Å². The molecule has 1 saturated heterocycles.